The number of rotatable bonds is 5. The summed E-state index contributed by atoms with van der Waals surface area (Å²) in [5.41, 5.74) is 2.12. The molecule has 0 spiro atoms. The van der Waals surface area contributed by atoms with Gasteiger partial charge >= 0.3 is 0 Å². The molecule has 1 heterocycles. The van der Waals surface area contributed by atoms with Crippen LogP contribution in [-0.2, 0) is 4.79 Å². The Morgan fingerprint density at radius 3 is 2.64 bits per heavy atom. The zero-order chi connectivity index (χ0) is 20.1. The number of nitrogens with one attached hydrogen (secondary N) is 1. The van der Waals surface area contributed by atoms with E-state index >= 15 is 0 Å². The standard InChI is InChI=1S/C23H25FN2O2/c1-3-11-25-22(27)20-13-19(18-9-10-21(24)16(2)12-18)14-26(15-20)23(28)17-7-5-4-6-8-17/h3-10,12,19-20H,1,11,13-15H2,2H3,(H,25,27)/t19-,20-/m1/s1. The highest BCUT2D eigenvalue weighted by Crippen LogP contribution is 2.32. The van der Waals surface area contributed by atoms with E-state index in [2.05, 4.69) is 11.9 Å². The number of nitrogens with zero attached hydrogens (tertiary/aromatic N) is 1. The Bertz CT molecular complexity index is 866. The van der Waals surface area contributed by atoms with Crippen molar-refractivity contribution in [3.8, 4) is 0 Å². The Morgan fingerprint density at radius 1 is 1.21 bits per heavy atom. The summed E-state index contributed by atoms with van der Waals surface area (Å²) in [7, 11) is 0. The van der Waals surface area contributed by atoms with Crippen LogP contribution in [0.25, 0.3) is 0 Å². The summed E-state index contributed by atoms with van der Waals surface area (Å²) < 4.78 is 13.7. The molecule has 2 aromatic carbocycles. The molecule has 2 aromatic rings. The lowest BCUT2D eigenvalue weighted by Gasteiger charge is -2.37. The van der Waals surface area contributed by atoms with Crippen molar-refractivity contribution in [2.75, 3.05) is 19.6 Å². The minimum absolute atomic E-state index is 0.0276. The van der Waals surface area contributed by atoms with Gasteiger partial charge in [0.2, 0.25) is 5.91 Å². The van der Waals surface area contributed by atoms with Gasteiger partial charge in [0.1, 0.15) is 5.82 Å². The van der Waals surface area contributed by atoms with Gasteiger partial charge in [-0.1, -0.05) is 36.4 Å². The Labute approximate surface area is 165 Å². The van der Waals surface area contributed by atoms with E-state index < -0.39 is 0 Å². The Balaban J connectivity index is 1.87. The minimum atomic E-state index is -0.322. The molecule has 0 saturated carbocycles. The SMILES string of the molecule is C=CCNC(=O)[C@@H]1C[C@@H](c2ccc(F)c(C)c2)CN(C(=O)c2ccccc2)C1. The maximum absolute atomic E-state index is 13.7. The second-order valence-corrected chi connectivity index (χ2v) is 7.25. The fraction of sp³-hybridized carbons (Fsp3) is 0.304. The van der Waals surface area contributed by atoms with Gasteiger partial charge in [-0.25, -0.2) is 4.39 Å². The van der Waals surface area contributed by atoms with Crippen molar-refractivity contribution >= 4 is 11.8 Å². The predicted molar refractivity (Wildman–Crippen MR) is 108 cm³/mol. The summed E-state index contributed by atoms with van der Waals surface area (Å²) in [6.07, 6.45) is 2.25. The summed E-state index contributed by atoms with van der Waals surface area (Å²) in [5, 5.41) is 2.84. The van der Waals surface area contributed by atoms with Gasteiger partial charge in [-0.05, 0) is 42.7 Å². The number of benzene rings is 2. The van der Waals surface area contributed by atoms with Crippen LogP contribution in [0.1, 0.15) is 33.8 Å². The van der Waals surface area contributed by atoms with Crippen molar-refractivity contribution in [3.63, 3.8) is 0 Å². The molecule has 2 amide bonds. The van der Waals surface area contributed by atoms with Crippen LogP contribution in [0.2, 0.25) is 0 Å². The van der Waals surface area contributed by atoms with E-state index in [1.165, 1.54) is 6.07 Å². The number of hydrogen-bond donors (Lipinski definition) is 1. The topological polar surface area (TPSA) is 49.4 Å². The number of amides is 2. The minimum Gasteiger partial charge on any atom is -0.352 e. The van der Waals surface area contributed by atoms with Gasteiger partial charge in [-0.3, -0.25) is 9.59 Å². The maximum atomic E-state index is 13.7. The fourth-order valence-corrected chi connectivity index (χ4v) is 3.70. The van der Waals surface area contributed by atoms with Crippen LogP contribution in [0.15, 0.2) is 61.2 Å². The van der Waals surface area contributed by atoms with Gasteiger partial charge in [-0.2, -0.15) is 0 Å². The zero-order valence-electron chi connectivity index (χ0n) is 16.0. The molecule has 1 N–H and O–H groups in total. The molecule has 0 bridgehead atoms. The molecule has 4 nitrogen and oxygen atoms in total. The van der Waals surface area contributed by atoms with Crippen molar-refractivity contribution in [2.24, 2.45) is 5.92 Å². The van der Waals surface area contributed by atoms with Crippen molar-refractivity contribution in [3.05, 3.63) is 83.7 Å². The molecule has 0 unspecified atom stereocenters. The first-order valence-corrected chi connectivity index (χ1v) is 9.48. The molecule has 0 aromatic heterocycles. The van der Waals surface area contributed by atoms with E-state index in [9.17, 15) is 14.0 Å². The van der Waals surface area contributed by atoms with Crippen LogP contribution in [0.5, 0.6) is 0 Å². The second-order valence-electron chi connectivity index (χ2n) is 7.25. The summed E-state index contributed by atoms with van der Waals surface area (Å²) in [6, 6.07) is 14.1. The molecule has 28 heavy (non-hydrogen) atoms. The first-order chi connectivity index (χ1) is 13.5. The van der Waals surface area contributed by atoms with Gasteiger partial charge in [0, 0.05) is 31.1 Å². The van der Waals surface area contributed by atoms with Crippen molar-refractivity contribution in [2.45, 2.75) is 19.3 Å². The van der Waals surface area contributed by atoms with Crippen LogP contribution >= 0.6 is 0 Å². The van der Waals surface area contributed by atoms with E-state index in [0.29, 0.717) is 37.2 Å². The van der Waals surface area contributed by atoms with Crippen molar-refractivity contribution in [1.82, 2.24) is 10.2 Å². The van der Waals surface area contributed by atoms with Gasteiger partial charge < -0.3 is 10.2 Å². The third kappa shape index (κ3) is 4.47. The monoisotopic (exact) mass is 380 g/mol. The second kappa shape index (κ2) is 8.83. The predicted octanol–water partition coefficient (Wildman–Crippen LogP) is 3.68. The lowest BCUT2D eigenvalue weighted by molar-refractivity contribution is -0.126. The first kappa shape index (κ1) is 19.8. The third-order valence-corrected chi connectivity index (χ3v) is 5.20. The van der Waals surface area contributed by atoms with Crippen LogP contribution in [0.4, 0.5) is 4.39 Å². The van der Waals surface area contributed by atoms with Crippen molar-refractivity contribution in [1.29, 1.82) is 0 Å². The van der Waals surface area contributed by atoms with Gasteiger partial charge in [0.15, 0.2) is 0 Å². The van der Waals surface area contributed by atoms with Gasteiger partial charge in [0.05, 0.1) is 5.92 Å². The van der Waals surface area contributed by atoms with E-state index in [1.807, 2.05) is 24.3 Å². The van der Waals surface area contributed by atoms with E-state index in [-0.39, 0.29) is 29.5 Å². The Hall–Kier alpha value is -2.95. The lowest BCUT2D eigenvalue weighted by Crippen LogP contribution is -2.48. The summed E-state index contributed by atoms with van der Waals surface area (Å²) in [4.78, 5) is 27.3. The third-order valence-electron chi connectivity index (χ3n) is 5.20. The fourth-order valence-electron chi connectivity index (χ4n) is 3.70. The largest absolute Gasteiger partial charge is 0.352 e. The van der Waals surface area contributed by atoms with Crippen LogP contribution in [0.3, 0.4) is 0 Å². The number of likely N-dealkylation sites (tertiary alicyclic amines) is 1. The summed E-state index contributed by atoms with van der Waals surface area (Å²) in [5.74, 6) is -0.783. The first-order valence-electron chi connectivity index (χ1n) is 9.48. The average molecular weight is 380 g/mol. The molecule has 2 atom stereocenters. The van der Waals surface area contributed by atoms with E-state index in [4.69, 9.17) is 0 Å². The number of carbonyl (C=O) groups excluding carboxylic acids is 2. The quantitative estimate of drug-likeness (QED) is 0.805. The molecular formula is C23H25FN2O2. The smallest absolute Gasteiger partial charge is 0.253 e. The maximum Gasteiger partial charge on any atom is 0.253 e. The molecule has 146 valence electrons. The highest BCUT2D eigenvalue weighted by atomic mass is 19.1. The molecular weight excluding hydrogens is 355 g/mol. The number of piperidine rings is 1. The average Bonchev–Trinajstić information content (AvgIpc) is 2.73. The molecule has 0 radical (unpaired) electrons. The highest BCUT2D eigenvalue weighted by molar-refractivity contribution is 5.94. The Morgan fingerprint density at radius 2 is 1.96 bits per heavy atom. The zero-order valence-corrected chi connectivity index (χ0v) is 16.0. The van der Waals surface area contributed by atoms with Gasteiger partial charge in [-0.15, -0.1) is 6.58 Å². The number of carbonyl (C=O) groups is 2. The molecule has 1 aliphatic heterocycles. The lowest BCUT2D eigenvalue weighted by atomic mass is 9.83. The normalized spacial score (nSPS) is 19.1. The molecule has 1 aliphatic rings. The molecule has 1 fully saturated rings. The van der Waals surface area contributed by atoms with Crippen molar-refractivity contribution < 1.29 is 14.0 Å². The number of halogens is 1. The summed E-state index contributed by atoms with van der Waals surface area (Å²) >= 11 is 0. The highest BCUT2D eigenvalue weighted by Gasteiger charge is 2.34. The van der Waals surface area contributed by atoms with Crippen LogP contribution < -0.4 is 5.32 Å². The Kier molecular flexibility index (Phi) is 6.24. The molecule has 3 rings (SSSR count). The molecule has 1 saturated heterocycles. The summed E-state index contributed by atoms with van der Waals surface area (Å²) in [6.45, 7) is 6.61. The van der Waals surface area contributed by atoms with E-state index in [1.54, 1.807) is 36.1 Å². The van der Waals surface area contributed by atoms with Gasteiger partial charge in [0.25, 0.3) is 5.91 Å². The molecule has 0 aliphatic carbocycles. The molecule has 5 heteroatoms. The number of aryl methyl sites for hydroxylation is 1. The number of hydrogen-bond acceptors (Lipinski definition) is 2. The van der Waals surface area contributed by atoms with E-state index in [0.717, 1.165) is 5.56 Å². The van der Waals surface area contributed by atoms with Crippen LogP contribution in [-0.4, -0.2) is 36.3 Å². The van der Waals surface area contributed by atoms with Crippen LogP contribution in [0, 0.1) is 18.7 Å².